The molecule has 43 heavy (non-hydrogen) atoms. The van der Waals surface area contributed by atoms with Crippen LogP contribution >= 0.6 is 0 Å². The molecule has 2 unspecified atom stereocenters. The van der Waals surface area contributed by atoms with Crippen LogP contribution in [0.25, 0.3) is 0 Å². The Hall–Kier alpha value is -3.09. The number of carbonyl (C=O) groups is 2. The molecule has 0 aliphatic rings. The first kappa shape index (κ1) is 36.1. The summed E-state index contributed by atoms with van der Waals surface area (Å²) >= 11 is 0. The molecule has 0 bridgehead atoms. The number of rotatable bonds is 14. The van der Waals surface area contributed by atoms with Gasteiger partial charge in [0, 0.05) is 27.1 Å². The second-order valence-corrected chi connectivity index (χ2v) is 9.33. The van der Waals surface area contributed by atoms with E-state index < -0.39 is 24.1 Å². The Morgan fingerprint density at radius 2 is 0.860 bits per heavy atom. The number of methoxy groups -OCH3 is 2. The van der Waals surface area contributed by atoms with E-state index >= 15 is 0 Å². The Bertz CT molecular complexity index is 1240. The van der Waals surface area contributed by atoms with Gasteiger partial charge in [0.15, 0.2) is 0 Å². The monoisotopic (exact) mass is 708 g/mol. The number of hydrogen-bond donors (Lipinski definition) is 0. The van der Waals surface area contributed by atoms with Crippen LogP contribution in [0.15, 0.2) is 109 Å². The van der Waals surface area contributed by atoms with Crippen molar-refractivity contribution in [1.29, 1.82) is 0 Å². The molecule has 220 valence electrons. The molecular formula is C34H34BaO8. The molecule has 0 saturated heterocycles. The standard InChI is InChI=1S/2C17H18O4.Ba/c2*1-20-16(17(18)19)11-13-7-9-15(10-8-13)21-12-14-5-3-2-4-6-14;/h2*2-10,16H,11-12H2,1H3,(H,18,19);/q;;+2/p-2. The molecule has 8 nitrogen and oxygen atoms in total. The third-order valence-corrected chi connectivity index (χ3v) is 6.28. The molecule has 9 heteroatoms. The van der Waals surface area contributed by atoms with Crippen molar-refractivity contribution in [2.45, 2.75) is 38.3 Å². The minimum Gasteiger partial charge on any atom is -0.547 e. The molecule has 0 fully saturated rings. The van der Waals surface area contributed by atoms with Gasteiger partial charge in [0.2, 0.25) is 0 Å². The first-order valence-corrected chi connectivity index (χ1v) is 13.4. The summed E-state index contributed by atoms with van der Waals surface area (Å²) in [5.41, 5.74) is 3.91. The van der Waals surface area contributed by atoms with E-state index in [1.807, 2.05) is 109 Å². The minimum atomic E-state index is -1.21. The van der Waals surface area contributed by atoms with Gasteiger partial charge in [-0.1, -0.05) is 84.9 Å². The summed E-state index contributed by atoms with van der Waals surface area (Å²) in [5, 5.41) is 21.6. The second-order valence-electron chi connectivity index (χ2n) is 9.33. The van der Waals surface area contributed by atoms with Crippen LogP contribution in [0.5, 0.6) is 11.5 Å². The van der Waals surface area contributed by atoms with Crippen molar-refractivity contribution >= 4 is 60.8 Å². The maximum atomic E-state index is 10.8. The second kappa shape index (κ2) is 20.0. The summed E-state index contributed by atoms with van der Waals surface area (Å²) in [4.78, 5) is 21.6. The normalized spacial score (nSPS) is 11.6. The topological polar surface area (TPSA) is 117 Å². The summed E-state index contributed by atoms with van der Waals surface area (Å²) in [7, 11) is 2.72. The SMILES string of the molecule is COC(Cc1ccc(OCc2ccccc2)cc1)C(=O)[O-].COC(Cc1ccc(OCc2ccccc2)cc1)C(=O)[O-].[Ba+2]. The van der Waals surface area contributed by atoms with Crippen molar-refractivity contribution < 1.29 is 38.7 Å². The van der Waals surface area contributed by atoms with Gasteiger partial charge in [-0.3, -0.25) is 0 Å². The summed E-state index contributed by atoms with van der Waals surface area (Å²) in [6, 6.07) is 34.4. The third-order valence-electron chi connectivity index (χ3n) is 6.28. The molecular weight excluding hydrogens is 674 g/mol. The van der Waals surface area contributed by atoms with E-state index in [4.69, 9.17) is 18.9 Å². The Balaban J connectivity index is 0.000000293. The third kappa shape index (κ3) is 13.4. The maximum Gasteiger partial charge on any atom is 2.00 e. The molecule has 4 aromatic carbocycles. The zero-order valence-corrected chi connectivity index (χ0v) is 28.8. The number of ether oxygens (including phenoxy) is 4. The van der Waals surface area contributed by atoms with Crippen LogP contribution in [0.4, 0.5) is 0 Å². The first-order chi connectivity index (χ1) is 20.4. The van der Waals surface area contributed by atoms with E-state index in [0.717, 1.165) is 33.8 Å². The fourth-order valence-electron chi connectivity index (χ4n) is 3.88. The smallest absolute Gasteiger partial charge is 0.547 e. The predicted octanol–water partition coefficient (Wildman–Crippen LogP) is 2.77. The zero-order valence-electron chi connectivity index (χ0n) is 24.3. The van der Waals surface area contributed by atoms with E-state index in [1.54, 1.807) is 0 Å². The molecule has 0 spiro atoms. The van der Waals surface area contributed by atoms with Crippen molar-refractivity contribution in [2.75, 3.05) is 14.2 Å². The van der Waals surface area contributed by atoms with Crippen LogP contribution in [0.2, 0.25) is 0 Å². The summed E-state index contributed by atoms with van der Waals surface area (Å²) in [6.07, 6.45) is -1.31. The zero-order chi connectivity index (χ0) is 30.2. The van der Waals surface area contributed by atoms with E-state index in [-0.39, 0.29) is 61.7 Å². The summed E-state index contributed by atoms with van der Waals surface area (Å²) < 4.78 is 21.0. The van der Waals surface area contributed by atoms with Crippen LogP contribution in [0, 0.1) is 0 Å². The van der Waals surface area contributed by atoms with Gasteiger partial charge in [0.05, 0.1) is 11.9 Å². The quantitative estimate of drug-likeness (QED) is 0.184. The molecule has 0 amide bonds. The Morgan fingerprint density at radius 3 is 1.14 bits per heavy atom. The van der Waals surface area contributed by atoms with Crippen molar-refractivity contribution in [3.63, 3.8) is 0 Å². The Morgan fingerprint density at radius 1 is 0.535 bits per heavy atom. The maximum absolute atomic E-state index is 10.8. The van der Waals surface area contributed by atoms with Gasteiger partial charge < -0.3 is 38.7 Å². The molecule has 4 rings (SSSR count). The predicted molar refractivity (Wildman–Crippen MR) is 159 cm³/mol. The van der Waals surface area contributed by atoms with Crippen molar-refractivity contribution in [3.8, 4) is 11.5 Å². The fraction of sp³-hybridized carbons (Fsp3) is 0.235. The van der Waals surface area contributed by atoms with Crippen LogP contribution in [-0.2, 0) is 45.1 Å². The van der Waals surface area contributed by atoms with Crippen LogP contribution in [0.3, 0.4) is 0 Å². The molecule has 0 radical (unpaired) electrons. The number of benzene rings is 4. The van der Waals surface area contributed by atoms with Gasteiger partial charge >= 0.3 is 48.9 Å². The molecule has 0 aromatic heterocycles. The van der Waals surface area contributed by atoms with Gasteiger partial charge in [0.25, 0.3) is 0 Å². The Labute approximate surface area is 292 Å². The molecule has 0 N–H and O–H groups in total. The largest absolute Gasteiger partial charge is 2.00 e. The number of carboxylic acid groups (broad SMARTS) is 2. The van der Waals surface area contributed by atoms with Crippen LogP contribution in [-0.4, -0.2) is 87.2 Å². The number of hydrogen-bond acceptors (Lipinski definition) is 8. The molecule has 0 aliphatic carbocycles. The average molecular weight is 708 g/mol. The van der Waals surface area contributed by atoms with Crippen molar-refractivity contribution in [1.82, 2.24) is 0 Å². The molecule has 0 aliphatic heterocycles. The first-order valence-electron chi connectivity index (χ1n) is 13.4. The Kier molecular flexibility index (Phi) is 16.8. The van der Waals surface area contributed by atoms with E-state index in [1.165, 1.54) is 14.2 Å². The molecule has 0 heterocycles. The van der Waals surface area contributed by atoms with E-state index in [0.29, 0.717) is 13.2 Å². The minimum absolute atomic E-state index is 0. The number of carboxylic acids is 2. The van der Waals surface area contributed by atoms with E-state index in [2.05, 4.69) is 0 Å². The van der Waals surface area contributed by atoms with Crippen LogP contribution in [0.1, 0.15) is 22.3 Å². The van der Waals surface area contributed by atoms with Gasteiger partial charge in [-0.05, 0) is 46.5 Å². The molecule has 0 saturated carbocycles. The van der Waals surface area contributed by atoms with E-state index in [9.17, 15) is 19.8 Å². The van der Waals surface area contributed by atoms with Gasteiger partial charge in [0.1, 0.15) is 36.9 Å². The molecule has 2 atom stereocenters. The van der Waals surface area contributed by atoms with Crippen molar-refractivity contribution in [3.05, 3.63) is 131 Å². The van der Waals surface area contributed by atoms with Crippen molar-refractivity contribution in [2.24, 2.45) is 0 Å². The molecule has 4 aromatic rings. The van der Waals surface area contributed by atoms with Gasteiger partial charge in [-0.15, -0.1) is 0 Å². The number of carbonyl (C=O) groups excluding carboxylic acids is 2. The van der Waals surface area contributed by atoms with Gasteiger partial charge in [-0.2, -0.15) is 0 Å². The van der Waals surface area contributed by atoms with Crippen LogP contribution < -0.4 is 19.7 Å². The van der Waals surface area contributed by atoms with Gasteiger partial charge in [-0.25, -0.2) is 0 Å². The average Bonchev–Trinajstić information content (AvgIpc) is 3.02. The summed E-state index contributed by atoms with van der Waals surface area (Å²) in [5.74, 6) is -0.932. The number of aliphatic carboxylic acids is 2. The summed E-state index contributed by atoms with van der Waals surface area (Å²) in [6.45, 7) is 1.000. The fourth-order valence-corrected chi connectivity index (χ4v) is 3.88.